The van der Waals surface area contributed by atoms with Gasteiger partial charge in [0.1, 0.15) is 0 Å². The lowest BCUT2D eigenvalue weighted by atomic mass is 10.0. The van der Waals surface area contributed by atoms with Crippen molar-refractivity contribution in [1.82, 2.24) is 5.43 Å². The zero-order chi connectivity index (χ0) is 21.7. The summed E-state index contributed by atoms with van der Waals surface area (Å²) < 4.78 is 0. The Hall–Kier alpha value is -3.91. The Morgan fingerprint density at radius 1 is 1.03 bits per heavy atom. The van der Waals surface area contributed by atoms with Crippen molar-refractivity contribution in [3.63, 3.8) is 0 Å². The van der Waals surface area contributed by atoms with E-state index in [-0.39, 0.29) is 17.7 Å². The Bertz CT molecular complexity index is 1120. The van der Waals surface area contributed by atoms with Gasteiger partial charge in [0.2, 0.25) is 5.75 Å². The Labute approximate surface area is 176 Å². The number of carbonyl (C=O) groups is 1. The maximum absolute atomic E-state index is 12.4. The van der Waals surface area contributed by atoms with Gasteiger partial charge in [0.25, 0.3) is 5.91 Å². The van der Waals surface area contributed by atoms with Crippen LogP contribution in [0.5, 0.6) is 11.5 Å². The van der Waals surface area contributed by atoms with E-state index >= 15 is 0 Å². The fraction of sp³-hybridized carbons (Fsp3) is 0.0476. The predicted octanol–water partition coefficient (Wildman–Crippen LogP) is 4.04. The lowest BCUT2D eigenvalue weighted by Gasteiger charge is -2.10. The van der Waals surface area contributed by atoms with E-state index in [0.717, 1.165) is 17.7 Å². The summed E-state index contributed by atoms with van der Waals surface area (Å²) in [5.74, 6) is -2.01. The first-order valence-corrected chi connectivity index (χ1v) is 9.10. The maximum atomic E-state index is 12.4. The van der Waals surface area contributed by atoms with Gasteiger partial charge in [-0.05, 0) is 35.9 Å². The fourth-order valence-electron chi connectivity index (χ4n) is 2.69. The molecule has 1 amide bonds. The van der Waals surface area contributed by atoms with Crippen LogP contribution in [0.1, 0.15) is 21.5 Å². The molecule has 0 aliphatic heterocycles. The average molecular weight is 426 g/mol. The minimum absolute atomic E-state index is 0.178. The third-order valence-electron chi connectivity index (χ3n) is 4.21. The van der Waals surface area contributed by atoms with Crippen LogP contribution in [0, 0.1) is 10.1 Å². The molecule has 30 heavy (non-hydrogen) atoms. The van der Waals surface area contributed by atoms with E-state index in [9.17, 15) is 25.1 Å². The van der Waals surface area contributed by atoms with Gasteiger partial charge in [0.15, 0.2) is 5.75 Å². The fourth-order valence-corrected chi connectivity index (χ4v) is 2.82. The second-order valence-electron chi connectivity index (χ2n) is 6.29. The molecular weight excluding hydrogens is 410 g/mol. The number of nitrogens with one attached hydrogen (secondary N) is 1. The van der Waals surface area contributed by atoms with Crippen molar-refractivity contribution in [2.45, 2.75) is 6.42 Å². The van der Waals surface area contributed by atoms with Gasteiger partial charge < -0.3 is 10.2 Å². The molecule has 0 heterocycles. The van der Waals surface area contributed by atoms with E-state index < -0.39 is 28.0 Å². The maximum Gasteiger partial charge on any atom is 0.315 e. The molecule has 3 aromatic carbocycles. The van der Waals surface area contributed by atoms with E-state index in [1.165, 1.54) is 12.1 Å². The van der Waals surface area contributed by atoms with E-state index in [1.807, 2.05) is 30.3 Å². The molecule has 9 heteroatoms. The third-order valence-corrected chi connectivity index (χ3v) is 4.46. The number of rotatable bonds is 6. The molecule has 0 aliphatic rings. The van der Waals surface area contributed by atoms with Crippen LogP contribution in [-0.4, -0.2) is 26.8 Å². The third kappa shape index (κ3) is 4.92. The van der Waals surface area contributed by atoms with Crippen LogP contribution >= 0.6 is 11.6 Å². The van der Waals surface area contributed by atoms with E-state index in [1.54, 1.807) is 12.1 Å². The Kier molecular flexibility index (Phi) is 6.29. The molecule has 0 atom stereocenters. The second-order valence-corrected chi connectivity index (χ2v) is 6.73. The zero-order valence-corrected chi connectivity index (χ0v) is 16.2. The van der Waals surface area contributed by atoms with Gasteiger partial charge in [-0.1, -0.05) is 41.9 Å². The smallest absolute Gasteiger partial charge is 0.315 e. The number of nitro groups is 1. The standard InChI is InChI=1S/C21H16ClN3O5/c22-16-8-6-14(7-9-16)21(28)24-23-17(10-13-4-2-1-3-5-13)15-11-18(25(29)30)20(27)19(26)12-15/h1-9,11-12,26-27H,10H2,(H,24,28)/b23-17-. The predicted molar refractivity (Wildman–Crippen MR) is 112 cm³/mol. The highest BCUT2D eigenvalue weighted by Crippen LogP contribution is 2.36. The monoisotopic (exact) mass is 425 g/mol. The van der Waals surface area contributed by atoms with Crippen LogP contribution in [0.2, 0.25) is 5.02 Å². The number of amides is 1. The van der Waals surface area contributed by atoms with Gasteiger partial charge in [-0.25, -0.2) is 5.43 Å². The number of halogens is 1. The summed E-state index contributed by atoms with van der Waals surface area (Å²) in [4.78, 5) is 22.8. The van der Waals surface area contributed by atoms with Crippen LogP contribution in [0.25, 0.3) is 0 Å². The molecule has 3 rings (SSSR count). The molecular formula is C21H16ClN3O5. The van der Waals surface area contributed by atoms with Crippen molar-refractivity contribution >= 4 is 28.9 Å². The van der Waals surface area contributed by atoms with Crippen molar-refractivity contribution in [2.75, 3.05) is 0 Å². The number of phenols is 2. The summed E-state index contributed by atoms with van der Waals surface area (Å²) in [5, 5.41) is 35.5. The van der Waals surface area contributed by atoms with Gasteiger partial charge in [-0.15, -0.1) is 0 Å². The number of hydrazone groups is 1. The van der Waals surface area contributed by atoms with E-state index in [4.69, 9.17) is 11.6 Å². The molecule has 3 N–H and O–H groups in total. The summed E-state index contributed by atoms with van der Waals surface area (Å²) >= 11 is 5.82. The quantitative estimate of drug-likeness (QED) is 0.238. The SMILES string of the molecule is O=C(N/N=C(/Cc1ccccc1)c1cc(O)c(O)c([N+](=O)[O-])c1)c1ccc(Cl)cc1. The minimum Gasteiger partial charge on any atom is -0.504 e. The number of carbonyl (C=O) groups excluding carboxylic acids is 1. The largest absolute Gasteiger partial charge is 0.504 e. The van der Waals surface area contributed by atoms with Gasteiger partial charge >= 0.3 is 5.69 Å². The molecule has 0 saturated heterocycles. The molecule has 3 aromatic rings. The molecule has 0 aromatic heterocycles. The number of hydrogen-bond acceptors (Lipinski definition) is 6. The molecule has 8 nitrogen and oxygen atoms in total. The van der Waals surface area contributed by atoms with Gasteiger partial charge in [-0.3, -0.25) is 14.9 Å². The highest BCUT2D eigenvalue weighted by Gasteiger charge is 2.21. The van der Waals surface area contributed by atoms with Gasteiger partial charge in [-0.2, -0.15) is 5.10 Å². The summed E-state index contributed by atoms with van der Waals surface area (Å²) in [7, 11) is 0. The van der Waals surface area contributed by atoms with Crippen molar-refractivity contribution in [3.8, 4) is 11.5 Å². The van der Waals surface area contributed by atoms with Crippen LogP contribution < -0.4 is 5.43 Å². The lowest BCUT2D eigenvalue weighted by Crippen LogP contribution is -2.21. The number of benzene rings is 3. The van der Waals surface area contributed by atoms with Crippen LogP contribution in [0.4, 0.5) is 5.69 Å². The summed E-state index contributed by atoms with van der Waals surface area (Å²) in [6, 6.07) is 17.5. The first-order chi connectivity index (χ1) is 14.3. The molecule has 0 saturated carbocycles. The number of phenolic OH excluding ortho intramolecular Hbond substituents is 2. The molecule has 152 valence electrons. The molecule has 0 aliphatic carbocycles. The Morgan fingerprint density at radius 2 is 1.70 bits per heavy atom. The van der Waals surface area contributed by atoms with Gasteiger partial charge in [0.05, 0.1) is 10.6 Å². The topological polar surface area (TPSA) is 125 Å². The van der Waals surface area contributed by atoms with Crippen molar-refractivity contribution in [1.29, 1.82) is 0 Å². The van der Waals surface area contributed by atoms with Crippen molar-refractivity contribution in [3.05, 3.63) is 98.6 Å². The molecule has 0 bridgehead atoms. The summed E-state index contributed by atoms with van der Waals surface area (Å²) in [6.07, 6.45) is 0.211. The minimum atomic E-state index is -0.840. The van der Waals surface area contributed by atoms with E-state index in [2.05, 4.69) is 10.5 Å². The number of aromatic hydroxyl groups is 2. The van der Waals surface area contributed by atoms with Crippen molar-refractivity contribution in [2.24, 2.45) is 5.10 Å². The number of nitrogens with zero attached hydrogens (tertiary/aromatic N) is 2. The molecule has 0 fully saturated rings. The second kappa shape index (κ2) is 9.06. The number of hydrogen-bond donors (Lipinski definition) is 3. The number of nitro benzene ring substituents is 1. The first-order valence-electron chi connectivity index (χ1n) is 8.72. The van der Waals surface area contributed by atoms with Crippen molar-refractivity contribution < 1.29 is 19.9 Å². The Morgan fingerprint density at radius 3 is 2.33 bits per heavy atom. The zero-order valence-electron chi connectivity index (χ0n) is 15.4. The summed E-state index contributed by atoms with van der Waals surface area (Å²) in [5.41, 5.74) is 3.32. The molecule has 0 spiro atoms. The lowest BCUT2D eigenvalue weighted by molar-refractivity contribution is -0.386. The highest BCUT2D eigenvalue weighted by atomic mass is 35.5. The van der Waals surface area contributed by atoms with E-state index in [0.29, 0.717) is 10.6 Å². The van der Waals surface area contributed by atoms with Gasteiger partial charge in [0, 0.05) is 28.6 Å². The Balaban J connectivity index is 1.98. The highest BCUT2D eigenvalue weighted by molar-refractivity contribution is 6.30. The average Bonchev–Trinajstić information content (AvgIpc) is 2.73. The van der Waals surface area contributed by atoms with Crippen LogP contribution in [0.3, 0.4) is 0 Å². The van der Waals surface area contributed by atoms with Crippen LogP contribution in [-0.2, 0) is 6.42 Å². The molecule has 0 unspecified atom stereocenters. The van der Waals surface area contributed by atoms with Crippen LogP contribution in [0.15, 0.2) is 71.8 Å². The molecule has 0 radical (unpaired) electrons. The normalized spacial score (nSPS) is 11.2. The summed E-state index contributed by atoms with van der Waals surface area (Å²) in [6.45, 7) is 0. The first kappa shape index (κ1) is 20.8.